The summed E-state index contributed by atoms with van der Waals surface area (Å²) in [4.78, 5) is 6.22. The van der Waals surface area contributed by atoms with Crippen LogP contribution in [0.4, 0.5) is 0 Å². The lowest BCUT2D eigenvalue weighted by atomic mass is 10.3. The fourth-order valence-corrected chi connectivity index (χ4v) is 1.15. The molecule has 1 saturated heterocycles. The Morgan fingerprint density at radius 3 is 2.25 bits per heavy atom. The topological polar surface area (TPSA) is 24.8 Å². The lowest BCUT2D eigenvalue weighted by molar-refractivity contribution is 0.0503. The summed E-state index contributed by atoms with van der Waals surface area (Å²) in [5.41, 5.74) is 1.18. The smallest absolute Gasteiger partial charge is 0.0594 e. The highest BCUT2D eigenvalue weighted by atomic mass is 16.5. The van der Waals surface area contributed by atoms with Crippen LogP contribution in [0.25, 0.3) is 0 Å². The van der Waals surface area contributed by atoms with E-state index < -0.39 is 0 Å². The Balaban J connectivity index is 0.000000288. The Bertz CT molecular complexity index is 238. The number of morpholine rings is 1. The van der Waals surface area contributed by atoms with Crippen molar-refractivity contribution >= 4 is 6.21 Å². The monoisotopic (exact) mass is 224 g/mol. The Kier molecular flexibility index (Phi) is 9.97. The minimum Gasteiger partial charge on any atom is -0.379 e. The molecule has 92 valence electrons. The number of likely N-dealkylation sites (N-methyl/N-ethyl adjacent to an activating group) is 1. The van der Waals surface area contributed by atoms with Gasteiger partial charge in [0.15, 0.2) is 0 Å². The number of rotatable bonds is 2. The van der Waals surface area contributed by atoms with E-state index >= 15 is 0 Å². The molecular weight excluding hydrogens is 200 g/mol. The van der Waals surface area contributed by atoms with E-state index in [1.54, 1.807) is 6.21 Å². The maximum absolute atomic E-state index is 5.10. The van der Waals surface area contributed by atoms with Gasteiger partial charge in [-0.1, -0.05) is 12.2 Å². The van der Waals surface area contributed by atoms with Gasteiger partial charge in [0.25, 0.3) is 0 Å². The molecule has 0 aromatic rings. The van der Waals surface area contributed by atoms with E-state index in [1.807, 2.05) is 39.1 Å². The summed E-state index contributed by atoms with van der Waals surface area (Å²) in [6.07, 6.45) is 7.62. The summed E-state index contributed by atoms with van der Waals surface area (Å²) in [6.45, 7) is 9.94. The number of aliphatic imine (C=N–C) groups is 1. The van der Waals surface area contributed by atoms with Gasteiger partial charge in [-0.15, -0.1) is 0 Å². The van der Waals surface area contributed by atoms with E-state index in [4.69, 9.17) is 4.74 Å². The van der Waals surface area contributed by atoms with Crippen molar-refractivity contribution in [3.05, 3.63) is 23.9 Å². The Labute approximate surface area is 99.5 Å². The van der Waals surface area contributed by atoms with Crippen LogP contribution in [0.3, 0.4) is 0 Å². The van der Waals surface area contributed by atoms with Gasteiger partial charge >= 0.3 is 0 Å². The highest BCUT2D eigenvalue weighted by Gasteiger charge is 2.02. The minimum absolute atomic E-state index is 0.913. The summed E-state index contributed by atoms with van der Waals surface area (Å²) in [5, 5.41) is 0. The van der Waals surface area contributed by atoms with Crippen LogP contribution in [-0.2, 0) is 4.74 Å². The zero-order chi connectivity index (χ0) is 12.2. The third kappa shape index (κ3) is 9.62. The molecule has 0 saturated carbocycles. The summed E-state index contributed by atoms with van der Waals surface area (Å²) in [7, 11) is 2.11. The lowest BCUT2D eigenvalue weighted by Gasteiger charge is -2.21. The van der Waals surface area contributed by atoms with E-state index in [2.05, 4.69) is 16.9 Å². The zero-order valence-electron chi connectivity index (χ0n) is 10.9. The van der Waals surface area contributed by atoms with Crippen LogP contribution in [-0.4, -0.2) is 44.5 Å². The fourth-order valence-electron chi connectivity index (χ4n) is 1.15. The number of nitrogens with zero attached hydrogens (tertiary/aromatic N) is 2. The van der Waals surface area contributed by atoms with Gasteiger partial charge in [-0.3, -0.25) is 4.99 Å². The van der Waals surface area contributed by atoms with Crippen molar-refractivity contribution in [2.24, 2.45) is 4.99 Å². The van der Waals surface area contributed by atoms with Crippen molar-refractivity contribution in [3.63, 3.8) is 0 Å². The van der Waals surface area contributed by atoms with Gasteiger partial charge in [-0.25, -0.2) is 0 Å². The minimum atomic E-state index is 0.913. The van der Waals surface area contributed by atoms with Gasteiger partial charge in [-0.05, 0) is 33.4 Å². The molecule has 0 aromatic carbocycles. The van der Waals surface area contributed by atoms with Crippen molar-refractivity contribution in [2.45, 2.75) is 20.8 Å². The first-order valence-corrected chi connectivity index (χ1v) is 5.74. The summed E-state index contributed by atoms with van der Waals surface area (Å²) in [5.74, 6) is 0. The van der Waals surface area contributed by atoms with Gasteiger partial charge < -0.3 is 9.64 Å². The van der Waals surface area contributed by atoms with Crippen molar-refractivity contribution in [2.75, 3.05) is 33.4 Å². The molecule has 1 fully saturated rings. The molecule has 1 heterocycles. The average molecular weight is 224 g/mol. The van der Waals surface area contributed by atoms with Crippen LogP contribution in [0.15, 0.2) is 28.9 Å². The van der Waals surface area contributed by atoms with E-state index in [0.717, 1.165) is 26.3 Å². The van der Waals surface area contributed by atoms with Gasteiger partial charge in [0.05, 0.1) is 13.2 Å². The van der Waals surface area contributed by atoms with Gasteiger partial charge in [0.2, 0.25) is 0 Å². The predicted molar refractivity (Wildman–Crippen MR) is 71.1 cm³/mol. The Morgan fingerprint density at radius 2 is 1.88 bits per heavy atom. The summed E-state index contributed by atoms with van der Waals surface area (Å²) in [6, 6.07) is 0. The number of ether oxygens (including phenoxy) is 1. The third-order valence-electron chi connectivity index (χ3n) is 2.09. The van der Waals surface area contributed by atoms with Gasteiger partial charge in [0.1, 0.15) is 0 Å². The molecular formula is C13H24N2O. The SMILES string of the molecule is CC=N/C=C(C)\C=C/C.CN1CCOCC1. The van der Waals surface area contributed by atoms with Crippen LogP contribution in [0.5, 0.6) is 0 Å². The third-order valence-corrected chi connectivity index (χ3v) is 2.09. The quantitative estimate of drug-likeness (QED) is 0.532. The molecule has 0 atom stereocenters. The van der Waals surface area contributed by atoms with Crippen LogP contribution in [0, 0.1) is 0 Å². The van der Waals surface area contributed by atoms with Gasteiger partial charge in [-0.2, -0.15) is 0 Å². The maximum Gasteiger partial charge on any atom is 0.0594 e. The van der Waals surface area contributed by atoms with Crippen molar-refractivity contribution in [1.29, 1.82) is 0 Å². The average Bonchev–Trinajstić information content (AvgIpc) is 2.29. The van der Waals surface area contributed by atoms with Crippen molar-refractivity contribution < 1.29 is 4.74 Å². The molecule has 3 nitrogen and oxygen atoms in total. The van der Waals surface area contributed by atoms with E-state index in [-0.39, 0.29) is 0 Å². The normalized spacial score (nSPS) is 18.9. The molecule has 1 rings (SSSR count). The molecule has 0 aliphatic carbocycles. The van der Waals surface area contributed by atoms with E-state index in [0.29, 0.717) is 0 Å². The standard InChI is InChI=1S/C8H13N.C5H11NO/c1-4-6-8(3)7-9-5-2;1-6-2-4-7-5-3-6/h4-7H,1-3H3;2-5H2,1H3/b6-4-,8-7-,9-5?;. The van der Waals surface area contributed by atoms with Crippen molar-refractivity contribution in [3.8, 4) is 0 Å². The highest BCUT2D eigenvalue weighted by Crippen LogP contribution is 1.93. The number of hydrogen-bond donors (Lipinski definition) is 0. The molecule has 0 aromatic heterocycles. The first-order chi connectivity index (χ1) is 7.70. The predicted octanol–water partition coefficient (Wildman–Crippen LogP) is 2.51. The molecule has 16 heavy (non-hydrogen) atoms. The molecule has 0 N–H and O–H groups in total. The largest absolute Gasteiger partial charge is 0.379 e. The van der Waals surface area contributed by atoms with Crippen LogP contribution in [0.1, 0.15) is 20.8 Å². The lowest BCUT2D eigenvalue weighted by Crippen LogP contribution is -2.32. The molecule has 0 spiro atoms. The summed E-state index contributed by atoms with van der Waals surface area (Å²) < 4.78 is 5.10. The van der Waals surface area contributed by atoms with Crippen LogP contribution >= 0.6 is 0 Å². The second-order valence-corrected chi connectivity index (χ2v) is 3.70. The molecule has 3 heteroatoms. The highest BCUT2D eigenvalue weighted by molar-refractivity contribution is 5.54. The van der Waals surface area contributed by atoms with Crippen LogP contribution in [0.2, 0.25) is 0 Å². The molecule has 1 aliphatic heterocycles. The van der Waals surface area contributed by atoms with Crippen molar-refractivity contribution in [1.82, 2.24) is 4.90 Å². The van der Waals surface area contributed by atoms with Gasteiger partial charge in [0, 0.05) is 25.5 Å². The number of allylic oxidation sites excluding steroid dienone is 3. The Morgan fingerprint density at radius 1 is 1.25 bits per heavy atom. The fraction of sp³-hybridized carbons (Fsp3) is 0.615. The molecule has 0 bridgehead atoms. The van der Waals surface area contributed by atoms with E-state index in [1.165, 1.54) is 5.57 Å². The van der Waals surface area contributed by atoms with E-state index in [9.17, 15) is 0 Å². The second kappa shape index (κ2) is 10.6. The molecule has 0 unspecified atom stereocenters. The first-order valence-electron chi connectivity index (χ1n) is 5.74. The molecule has 0 amide bonds. The zero-order valence-corrected chi connectivity index (χ0v) is 10.9. The first kappa shape index (κ1) is 15.1. The second-order valence-electron chi connectivity index (χ2n) is 3.70. The number of hydrogen-bond acceptors (Lipinski definition) is 3. The maximum atomic E-state index is 5.10. The molecule has 1 aliphatic rings. The summed E-state index contributed by atoms with van der Waals surface area (Å²) >= 11 is 0. The molecule has 0 radical (unpaired) electrons. The van der Waals surface area contributed by atoms with Crippen LogP contribution < -0.4 is 0 Å². The Hall–Kier alpha value is -0.930.